The number of aromatic nitrogens is 4. The van der Waals surface area contributed by atoms with E-state index < -0.39 is 0 Å². The van der Waals surface area contributed by atoms with Crippen LogP contribution in [0.2, 0.25) is 0 Å². The molecule has 1 aromatic carbocycles. The molecule has 1 unspecified atom stereocenters. The van der Waals surface area contributed by atoms with Gasteiger partial charge in [0.05, 0.1) is 6.10 Å². The number of aliphatic imine (C=N–C) groups is 1. The Labute approximate surface area is 174 Å². The molecular formula is C21H28FN7O. The maximum atomic E-state index is 13.4. The minimum absolute atomic E-state index is 0.220. The molecule has 4 rings (SSSR count). The Morgan fingerprint density at radius 2 is 2.27 bits per heavy atom. The minimum atomic E-state index is -0.235. The molecular weight excluding hydrogens is 385 g/mol. The van der Waals surface area contributed by atoms with Gasteiger partial charge in [-0.05, 0) is 49.9 Å². The van der Waals surface area contributed by atoms with E-state index in [9.17, 15) is 4.39 Å². The summed E-state index contributed by atoms with van der Waals surface area (Å²) in [6.07, 6.45) is 5.11. The fourth-order valence-corrected chi connectivity index (χ4v) is 3.61. The number of hydrogen-bond acceptors (Lipinski definition) is 4. The smallest absolute Gasteiger partial charge is 0.191 e. The van der Waals surface area contributed by atoms with E-state index in [0.29, 0.717) is 13.1 Å². The topological polar surface area (TPSA) is 92.2 Å². The monoisotopic (exact) mass is 413 g/mol. The fraction of sp³-hybridized carbons (Fsp3) is 0.476. The van der Waals surface area contributed by atoms with Gasteiger partial charge in [0.2, 0.25) is 0 Å². The van der Waals surface area contributed by atoms with Gasteiger partial charge in [-0.15, -0.1) is 10.2 Å². The van der Waals surface area contributed by atoms with Gasteiger partial charge < -0.3 is 24.9 Å². The molecule has 1 saturated heterocycles. The standard InChI is InChI=1S/C21H28FN7O/c1-14-27-28-20(29(14)2)13-26-21(25-12-17-4-3-9-30-17)23-8-7-15-11-24-19-10-16(22)5-6-18(15)19/h5-6,10-11,17,24H,3-4,7-9,12-13H2,1-2H3,(H2,23,25,26). The number of fused-ring (bicyclic) bond motifs is 1. The lowest BCUT2D eigenvalue weighted by Crippen LogP contribution is -2.42. The van der Waals surface area contributed by atoms with E-state index in [2.05, 4.69) is 30.8 Å². The molecule has 0 aliphatic carbocycles. The zero-order valence-electron chi connectivity index (χ0n) is 17.4. The van der Waals surface area contributed by atoms with Gasteiger partial charge in [0.25, 0.3) is 0 Å². The summed E-state index contributed by atoms with van der Waals surface area (Å²) in [7, 11) is 1.94. The molecule has 8 nitrogen and oxygen atoms in total. The van der Waals surface area contributed by atoms with E-state index in [0.717, 1.165) is 66.5 Å². The van der Waals surface area contributed by atoms with Crippen LogP contribution in [-0.2, 0) is 24.8 Å². The first-order chi connectivity index (χ1) is 14.6. The van der Waals surface area contributed by atoms with Crippen molar-refractivity contribution in [1.82, 2.24) is 30.4 Å². The highest BCUT2D eigenvalue weighted by Gasteiger charge is 2.16. The average molecular weight is 414 g/mol. The number of H-pyrrole nitrogens is 1. The van der Waals surface area contributed by atoms with E-state index in [-0.39, 0.29) is 11.9 Å². The summed E-state index contributed by atoms with van der Waals surface area (Å²) in [5.41, 5.74) is 1.95. The second-order valence-electron chi connectivity index (χ2n) is 7.58. The van der Waals surface area contributed by atoms with E-state index in [4.69, 9.17) is 4.74 Å². The van der Waals surface area contributed by atoms with Crippen molar-refractivity contribution in [2.24, 2.45) is 12.0 Å². The average Bonchev–Trinajstić information content (AvgIpc) is 3.46. The second kappa shape index (κ2) is 9.25. The number of rotatable bonds is 7. The molecule has 0 bridgehead atoms. The highest BCUT2D eigenvalue weighted by Crippen LogP contribution is 2.19. The maximum absolute atomic E-state index is 13.4. The van der Waals surface area contributed by atoms with Crippen molar-refractivity contribution in [3.8, 4) is 0 Å². The molecule has 0 spiro atoms. The number of aryl methyl sites for hydroxylation is 1. The van der Waals surface area contributed by atoms with Crippen LogP contribution in [0.4, 0.5) is 4.39 Å². The van der Waals surface area contributed by atoms with Gasteiger partial charge in [0.15, 0.2) is 11.8 Å². The molecule has 0 saturated carbocycles. The summed E-state index contributed by atoms with van der Waals surface area (Å²) in [6.45, 7) is 4.59. The molecule has 9 heteroatoms. The van der Waals surface area contributed by atoms with Crippen LogP contribution in [0.3, 0.4) is 0 Å². The van der Waals surface area contributed by atoms with Gasteiger partial charge in [0, 0.05) is 43.8 Å². The molecule has 2 aromatic heterocycles. The van der Waals surface area contributed by atoms with E-state index in [1.165, 1.54) is 12.1 Å². The molecule has 1 fully saturated rings. The lowest BCUT2D eigenvalue weighted by Gasteiger charge is -2.15. The van der Waals surface area contributed by atoms with Crippen LogP contribution in [-0.4, -0.2) is 51.5 Å². The van der Waals surface area contributed by atoms with Gasteiger partial charge in [0.1, 0.15) is 18.2 Å². The third-order valence-corrected chi connectivity index (χ3v) is 5.50. The first kappa shape index (κ1) is 20.3. The summed E-state index contributed by atoms with van der Waals surface area (Å²) < 4.78 is 21.0. The molecule has 3 aromatic rings. The van der Waals surface area contributed by atoms with Crippen LogP contribution in [0.5, 0.6) is 0 Å². The summed E-state index contributed by atoms with van der Waals surface area (Å²) in [5, 5.41) is 16.1. The lowest BCUT2D eigenvalue weighted by atomic mass is 10.1. The molecule has 3 heterocycles. The Morgan fingerprint density at radius 1 is 1.37 bits per heavy atom. The Hall–Kier alpha value is -2.94. The first-order valence-electron chi connectivity index (χ1n) is 10.3. The highest BCUT2D eigenvalue weighted by molar-refractivity contribution is 5.83. The van der Waals surface area contributed by atoms with Gasteiger partial charge in [-0.25, -0.2) is 9.38 Å². The molecule has 1 aliphatic rings. The number of hydrogen-bond donors (Lipinski definition) is 3. The third-order valence-electron chi connectivity index (χ3n) is 5.50. The number of guanidine groups is 1. The van der Waals surface area contributed by atoms with Crippen molar-refractivity contribution in [2.75, 3.05) is 19.7 Å². The minimum Gasteiger partial charge on any atom is -0.376 e. The van der Waals surface area contributed by atoms with Crippen LogP contribution in [0.1, 0.15) is 30.1 Å². The van der Waals surface area contributed by atoms with Crippen LogP contribution in [0.25, 0.3) is 10.9 Å². The van der Waals surface area contributed by atoms with E-state index in [1.807, 2.05) is 30.8 Å². The van der Waals surface area contributed by atoms with Crippen molar-refractivity contribution in [2.45, 2.75) is 38.8 Å². The molecule has 0 radical (unpaired) electrons. The van der Waals surface area contributed by atoms with Crippen LogP contribution >= 0.6 is 0 Å². The van der Waals surface area contributed by atoms with Crippen molar-refractivity contribution in [1.29, 1.82) is 0 Å². The predicted octanol–water partition coefficient (Wildman–Crippen LogP) is 2.20. The molecule has 30 heavy (non-hydrogen) atoms. The quantitative estimate of drug-likeness (QED) is 0.408. The SMILES string of the molecule is Cc1nnc(CN=C(NCCc2c[nH]c3cc(F)ccc23)NCC2CCCO2)n1C. The van der Waals surface area contributed by atoms with Crippen LogP contribution in [0, 0.1) is 12.7 Å². The Morgan fingerprint density at radius 3 is 3.03 bits per heavy atom. The lowest BCUT2D eigenvalue weighted by molar-refractivity contribution is 0.114. The third kappa shape index (κ3) is 4.79. The summed E-state index contributed by atoms with van der Waals surface area (Å²) in [5.74, 6) is 2.15. The molecule has 1 atom stereocenters. The molecule has 1 aliphatic heterocycles. The second-order valence-corrected chi connectivity index (χ2v) is 7.58. The van der Waals surface area contributed by atoms with Gasteiger partial charge in [-0.2, -0.15) is 0 Å². The molecule has 3 N–H and O–H groups in total. The Balaban J connectivity index is 1.39. The fourth-order valence-electron chi connectivity index (χ4n) is 3.61. The summed E-state index contributed by atoms with van der Waals surface area (Å²) in [4.78, 5) is 7.82. The Kier molecular flexibility index (Phi) is 6.27. The molecule has 0 amide bonds. The molecule has 160 valence electrons. The Bertz CT molecular complexity index is 1020. The first-order valence-corrected chi connectivity index (χ1v) is 10.3. The number of nitrogens with zero attached hydrogens (tertiary/aromatic N) is 4. The van der Waals surface area contributed by atoms with Gasteiger partial charge in [-0.1, -0.05) is 0 Å². The largest absolute Gasteiger partial charge is 0.376 e. The van der Waals surface area contributed by atoms with E-state index in [1.54, 1.807) is 0 Å². The summed E-state index contributed by atoms with van der Waals surface area (Å²) >= 11 is 0. The number of ether oxygens (including phenoxy) is 1. The normalized spacial score (nSPS) is 17.0. The summed E-state index contributed by atoms with van der Waals surface area (Å²) in [6, 6.07) is 4.83. The maximum Gasteiger partial charge on any atom is 0.191 e. The van der Waals surface area contributed by atoms with Crippen molar-refractivity contribution in [3.63, 3.8) is 0 Å². The highest BCUT2D eigenvalue weighted by atomic mass is 19.1. The van der Waals surface area contributed by atoms with Crippen molar-refractivity contribution in [3.05, 3.63) is 47.4 Å². The van der Waals surface area contributed by atoms with Gasteiger partial charge in [-0.3, -0.25) is 0 Å². The number of aromatic amines is 1. The number of halogens is 1. The van der Waals surface area contributed by atoms with Crippen LogP contribution < -0.4 is 10.6 Å². The number of nitrogens with one attached hydrogen (secondary N) is 3. The van der Waals surface area contributed by atoms with E-state index >= 15 is 0 Å². The van der Waals surface area contributed by atoms with Crippen molar-refractivity contribution >= 4 is 16.9 Å². The predicted molar refractivity (Wildman–Crippen MR) is 114 cm³/mol. The van der Waals surface area contributed by atoms with Crippen LogP contribution in [0.15, 0.2) is 29.4 Å². The number of benzene rings is 1. The van der Waals surface area contributed by atoms with Crippen molar-refractivity contribution < 1.29 is 9.13 Å². The zero-order chi connectivity index (χ0) is 20.9. The van der Waals surface area contributed by atoms with Gasteiger partial charge >= 0.3 is 0 Å². The zero-order valence-corrected chi connectivity index (χ0v) is 17.4.